The molecule has 0 saturated heterocycles. The molecule has 0 saturated carbocycles. The molecule has 1 aromatic rings. The lowest BCUT2D eigenvalue weighted by Gasteiger charge is -2.25. The summed E-state index contributed by atoms with van der Waals surface area (Å²) in [6.07, 6.45) is 0. The van der Waals surface area contributed by atoms with Crippen molar-refractivity contribution in [3.8, 4) is 0 Å². The minimum Gasteiger partial charge on any atom is -0.323 e. The summed E-state index contributed by atoms with van der Waals surface area (Å²) in [5.74, 6) is -0.515. The number of rotatable bonds is 4. The van der Waals surface area contributed by atoms with Crippen molar-refractivity contribution in [2.45, 2.75) is 19.6 Å². The van der Waals surface area contributed by atoms with Gasteiger partial charge in [0.2, 0.25) is 5.78 Å². The maximum absolute atomic E-state index is 12.3. The van der Waals surface area contributed by atoms with E-state index in [-0.39, 0.29) is 25.8 Å². The molecule has 1 aliphatic rings. The summed E-state index contributed by atoms with van der Waals surface area (Å²) < 4.78 is 1.89. The van der Waals surface area contributed by atoms with Gasteiger partial charge in [0.1, 0.15) is 5.03 Å². The van der Waals surface area contributed by atoms with Crippen LogP contribution < -0.4 is 0 Å². The first-order valence-electron chi connectivity index (χ1n) is 6.88. The van der Waals surface area contributed by atoms with Crippen LogP contribution in [0.15, 0.2) is 55.6 Å². The molecule has 0 N–H and O–H groups in total. The van der Waals surface area contributed by atoms with E-state index in [4.69, 9.17) is 46.4 Å². The van der Waals surface area contributed by atoms with Gasteiger partial charge in [-0.15, -0.1) is 0 Å². The number of Topliss-reactive ketones (excluding diaryl/α,β-unsaturated/α-hetero) is 1. The molecule has 1 aliphatic carbocycles. The molecule has 0 unspecified atom stereocenters. The van der Waals surface area contributed by atoms with Gasteiger partial charge in [0, 0.05) is 0 Å². The van der Waals surface area contributed by atoms with Crippen LogP contribution in [0.5, 0.6) is 0 Å². The Bertz CT molecular complexity index is 713. The molecule has 0 atom stereocenters. The molecule has 1 aromatic carbocycles. The van der Waals surface area contributed by atoms with Crippen LogP contribution in [-0.2, 0) is 11.3 Å². The maximum atomic E-state index is 12.3. The summed E-state index contributed by atoms with van der Waals surface area (Å²) in [5, 5.41) is 4.30. The fraction of sp³-hybridized carbons (Fsp3) is 0.200. The van der Waals surface area contributed by atoms with Crippen molar-refractivity contribution >= 4 is 66.9 Å². The number of hydrazone groups is 1. The van der Waals surface area contributed by atoms with Crippen LogP contribution in [0.1, 0.15) is 5.56 Å². The third-order valence-electron chi connectivity index (χ3n) is 3.21. The number of nitrogens with zero attached hydrogens (tertiary/aromatic N) is 2. The first kappa shape index (κ1) is 18.6. The largest absolute Gasteiger partial charge is 0.323 e. The highest BCUT2D eigenvalue weighted by atomic mass is 35.5. The lowest BCUT2D eigenvalue weighted by atomic mass is 10.1. The molecule has 3 nitrogen and oxygen atoms in total. The van der Waals surface area contributed by atoms with Crippen LogP contribution >= 0.6 is 46.4 Å². The number of ketones is 1. The Hall–Kier alpha value is -0.783. The van der Waals surface area contributed by atoms with Gasteiger partial charge >= 0.3 is 0 Å². The van der Waals surface area contributed by atoms with Crippen LogP contribution in [0.25, 0.3) is 0 Å². The third kappa shape index (κ3) is 4.20. The lowest BCUT2D eigenvalue weighted by Crippen LogP contribution is -2.33. The number of hydrogen-bond acceptors (Lipinski definition) is 3. The van der Waals surface area contributed by atoms with Crippen LogP contribution in [0.4, 0.5) is 0 Å². The predicted molar refractivity (Wildman–Crippen MR) is 101 cm³/mol. The van der Waals surface area contributed by atoms with E-state index < -0.39 is 14.7 Å². The molecular formula is C15H14Cl4N2OSi. The second-order valence-corrected chi connectivity index (χ2v) is 9.51. The van der Waals surface area contributed by atoms with Gasteiger partial charge in [-0.2, -0.15) is 5.10 Å². The summed E-state index contributed by atoms with van der Waals surface area (Å²) in [6, 6.07) is 9.86. The Kier molecular flexibility index (Phi) is 6.34. The molecule has 122 valence electrons. The Morgan fingerprint density at radius 1 is 0.957 bits per heavy atom. The maximum Gasteiger partial charge on any atom is 0.227 e. The topological polar surface area (TPSA) is 32.7 Å². The SMILES string of the molecule is C[SiH](C)N(Cc1ccccc1)N=C1C(=O)C(Cl)=C(Cl)C(Cl)=C1Cl. The van der Waals surface area contributed by atoms with Crippen molar-refractivity contribution < 1.29 is 4.79 Å². The van der Waals surface area contributed by atoms with Gasteiger partial charge in [0.05, 0.1) is 21.6 Å². The molecule has 0 radical (unpaired) electrons. The molecule has 0 amide bonds. The quantitative estimate of drug-likeness (QED) is 0.408. The molecule has 0 spiro atoms. The molecule has 0 heterocycles. The highest BCUT2D eigenvalue weighted by molar-refractivity contribution is 6.74. The molecular weight excluding hydrogens is 394 g/mol. The molecule has 0 aromatic heterocycles. The summed E-state index contributed by atoms with van der Waals surface area (Å²) in [6.45, 7) is 4.78. The van der Waals surface area contributed by atoms with Gasteiger partial charge < -0.3 is 4.67 Å². The molecule has 8 heteroatoms. The Morgan fingerprint density at radius 2 is 1.52 bits per heavy atom. The van der Waals surface area contributed by atoms with Gasteiger partial charge in [-0.3, -0.25) is 4.79 Å². The van der Waals surface area contributed by atoms with Crippen molar-refractivity contribution in [3.05, 3.63) is 56.0 Å². The van der Waals surface area contributed by atoms with E-state index in [1.54, 1.807) is 0 Å². The number of carbonyl (C=O) groups is 1. The highest BCUT2D eigenvalue weighted by Crippen LogP contribution is 2.36. The van der Waals surface area contributed by atoms with Crippen molar-refractivity contribution in [1.82, 2.24) is 4.67 Å². The first-order chi connectivity index (χ1) is 10.8. The van der Waals surface area contributed by atoms with Crippen LogP contribution in [-0.4, -0.2) is 25.1 Å². The van der Waals surface area contributed by atoms with E-state index in [1.165, 1.54) is 0 Å². The van der Waals surface area contributed by atoms with Crippen molar-refractivity contribution in [3.63, 3.8) is 0 Å². The Balaban J connectivity index is 2.38. The van der Waals surface area contributed by atoms with Gasteiger partial charge in [0.25, 0.3) is 0 Å². The van der Waals surface area contributed by atoms with Crippen molar-refractivity contribution in [2.75, 3.05) is 0 Å². The van der Waals surface area contributed by atoms with Gasteiger partial charge in [-0.1, -0.05) is 89.8 Å². The highest BCUT2D eigenvalue weighted by Gasteiger charge is 2.31. The number of halogens is 4. The summed E-state index contributed by atoms with van der Waals surface area (Å²) in [4.78, 5) is 12.3. The summed E-state index contributed by atoms with van der Waals surface area (Å²) in [5.41, 5.74) is 1.12. The second kappa shape index (κ2) is 7.86. The Labute approximate surface area is 156 Å². The summed E-state index contributed by atoms with van der Waals surface area (Å²) in [7, 11) is -1.36. The standard InChI is InChI=1S/C15H14Cl4N2OSi/c1-23(2)21(8-9-6-4-3-5-7-9)20-14-12(18)10(16)11(17)13(19)15(14)22/h3-7,23H,8H2,1-2H3. The number of hydrogen-bond donors (Lipinski definition) is 0. The zero-order valence-electron chi connectivity index (χ0n) is 12.5. The van der Waals surface area contributed by atoms with Crippen LogP contribution in [0.2, 0.25) is 13.1 Å². The first-order valence-corrected chi connectivity index (χ1v) is 11.2. The molecule has 2 rings (SSSR count). The third-order valence-corrected chi connectivity index (χ3v) is 6.48. The number of carbonyl (C=O) groups excluding carboxylic acids is 1. The van der Waals surface area contributed by atoms with E-state index in [9.17, 15) is 4.79 Å². The number of benzene rings is 1. The normalized spacial score (nSPS) is 17.5. The van der Waals surface area contributed by atoms with E-state index in [1.807, 2.05) is 35.0 Å². The molecule has 0 bridgehead atoms. The van der Waals surface area contributed by atoms with E-state index in [2.05, 4.69) is 18.2 Å². The minimum absolute atomic E-state index is 0.0266. The average Bonchev–Trinajstić information content (AvgIpc) is 2.54. The summed E-state index contributed by atoms with van der Waals surface area (Å²) >= 11 is 24.0. The van der Waals surface area contributed by atoms with Crippen LogP contribution in [0.3, 0.4) is 0 Å². The Morgan fingerprint density at radius 3 is 2.09 bits per heavy atom. The number of allylic oxidation sites excluding steroid dienone is 4. The second-order valence-electron chi connectivity index (χ2n) is 5.21. The molecule has 0 fully saturated rings. The van der Waals surface area contributed by atoms with Crippen LogP contribution in [0, 0.1) is 0 Å². The van der Waals surface area contributed by atoms with Gasteiger partial charge in [-0.25, -0.2) is 0 Å². The van der Waals surface area contributed by atoms with E-state index >= 15 is 0 Å². The lowest BCUT2D eigenvalue weighted by molar-refractivity contribution is -0.109. The van der Waals surface area contributed by atoms with Crippen molar-refractivity contribution in [2.24, 2.45) is 5.10 Å². The predicted octanol–water partition coefficient (Wildman–Crippen LogP) is 4.79. The van der Waals surface area contributed by atoms with Crippen molar-refractivity contribution in [1.29, 1.82) is 0 Å². The van der Waals surface area contributed by atoms with E-state index in [0.717, 1.165) is 5.56 Å². The van der Waals surface area contributed by atoms with Gasteiger partial charge in [-0.05, 0) is 5.56 Å². The fourth-order valence-corrected chi connectivity index (χ4v) is 3.71. The van der Waals surface area contributed by atoms with E-state index in [0.29, 0.717) is 6.54 Å². The average molecular weight is 408 g/mol. The zero-order chi connectivity index (χ0) is 17.1. The molecule has 0 aliphatic heterocycles. The van der Waals surface area contributed by atoms with Gasteiger partial charge in [0.15, 0.2) is 14.7 Å². The minimum atomic E-state index is -1.36. The monoisotopic (exact) mass is 406 g/mol. The smallest absolute Gasteiger partial charge is 0.227 e. The zero-order valence-corrected chi connectivity index (χ0v) is 16.7. The molecule has 23 heavy (non-hydrogen) atoms. The fourth-order valence-electron chi connectivity index (χ4n) is 1.92.